The van der Waals surface area contributed by atoms with Crippen molar-refractivity contribution in [3.05, 3.63) is 112 Å². The SMILES string of the molecule is COc1ccc(C(C[N+](=O)[O-])C(C(=O)c2ccccc2)C(=O)c2ccccc2)cc1. The maximum atomic E-state index is 13.4. The normalized spacial score (nSPS) is 11.7. The van der Waals surface area contributed by atoms with Crippen LogP contribution in [0.1, 0.15) is 32.2 Å². The molecule has 30 heavy (non-hydrogen) atoms. The molecule has 0 aromatic heterocycles. The van der Waals surface area contributed by atoms with Crippen LogP contribution in [0.15, 0.2) is 84.9 Å². The van der Waals surface area contributed by atoms with E-state index in [2.05, 4.69) is 0 Å². The van der Waals surface area contributed by atoms with E-state index in [0.29, 0.717) is 22.4 Å². The van der Waals surface area contributed by atoms with Gasteiger partial charge in [0.25, 0.3) is 0 Å². The number of benzene rings is 3. The van der Waals surface area contributed by atoms with E-state index in [-0.39, 0.29) is 0 Å². The van der Waals surface area contributed by atoms with Gasteiger partial charge in [0.2, 0.25) is 6.54 Å². The second kappa shape index (κ2) is 9.60. The molecule has 0 fully saturated rings. The highest BCUT2D eigenvalue weighted by molar-refractivity contribution is 6.16. The van der Waals surface area contributed by atoms with Gasteiger partial charge < -0.3 is 4.74 Å². The van der Waals surface area contributed by atoms with Gasteiger partial charge in [-0.15, -0.1) is 0 Å². The van der Waals surface area contributed by atoms with Gasteiger partial charge in [-0.1, -0.05) is 72.8 Å². The van der Waals surface area contributed by atoms with E-state index in [1.165, 1.54) is 7.11 Å². The molecule has 1 atom stereocenters. The average Bonchev–Trinajstić information content (AvgIpc) is 2.79. The van der Waals surface area contributed by atoms with Gasteiger partial charge in [0.05, 0.1) is 18.9 Å². The summed E-state index contributed by atoms with van der Waals surface area (Å²) < 4.78 is 5.16. The molecule has 0 amide bonds. The Morgan fingerprint density at radius 2 is 1.30 bits per heavy atom. The Hall–Kier alpha value is -3.80. The van der Waals surface area contributed by atoms with Crippen LogP contribution in [-0.4, -0.2) is 30.1 Å². The first-order valence-corrected chi connectivity index (χ1v) is 9.45. The largest absolute Gasteiger partial charge is 0.497 e. The fourth-order valence-electron chi connectivity index (χ4n) is 3.46. The van der Waals surface area contributed by atoms with Crippen molar-refractivity contribution >= 4 is 11.6 Å². The number of nitrogens with zero attached hydrogens (tertiary/aromatic N) is 1. The van der Waals surface area contributed by atoms with Crippen LogP contribution in [0.2, 0.25) is 0 Å². The van der Waals surface area contributed by atoms with Crippen molar-refractivity contribution in [1.82, 2.24) is 0 Å². The van der Waals surface area contributed by atoms with Crippen LogP contribution in [-0.2, 0) is 0 Å². The first kappa shape index (κ1) is 20.9. The summed E-state index contributed by atoms with van der Waals surface area (Å²) in [5.41, 5.74) is 1.22. The Labute approximate surface area is 174 Å². The van der Waals surface area contributed by atoms with Crippen LogP contribution in [0.3, 0.4) is 0 Å². The van der Waals surface area contributed by atoms with E-state index in [9.17, 15) is 19.7 Å². The molecule has 0 aliphatic rings. The molecule has 3 rings (SSSR count). The van der Waals surface area contributed by atoms with Crippen LogP contribution in [0.5, 0.6) is 5.75 Å². The maximum absolute atomic E-state index is 13.4. The molecule has 0 aliphatic heterocycles. The van der Waals surface area contributed by atoms with Crippen molar-refractivity contribution < 1.29 is 19.2 Å². The number of ketones is 2. The molecular weight excluding hydrogens is 382 g/mol. The molecule has 0 heterocycles. The Morgan fingerprint density at radius 3 is 1.70 bits per heavy atom. The van der Waals surface area contributed by atoms with Gasteiger partial charge in [-0.25, -0.2) is 0 Å². The summed E-state index contributed by atoms with van der Waals surface area (Å²) in [6, 6.07) is 23.5. The molecule has 0 radical (unpaired) electrons. The van der Waals surface area contributed by atoms with Gasteiger partial charge in [-0.3, -0.25) is 19.7 Å². The highest BCUT2D eigenvalue weighted by Crippen LogP contribution is 2.32. The highest BCUT2D eigenvalue weighted by atomic mass is 16.6. The van der Waals surface area contributed by atoms with Crippen molar-refractivity contribution in [2.45, 2.75) is 5.92 Å². The molecule has 0 spiro atoms. The van der Waals surface area contributed by atoms with E-state index in [4.69, 9.17) is 4.74 Å². The molecule has 1 unspecified atom stereocenters. The zero-order valence-corrected chi connectivity index (χ0v) is 16.4. The van der Waals surface area contributed by atoms with Crippen molar-refractivity contribution in [3.63, 3.8) is 0 Å². The lowest BCUT2D eigenvalue weighted by Gasteiger charge is -2.23. The monoisotopic (exact) mass is 403 g/mol. The number of hydrogen-bond donors (Lipinski definition) is 0. The predicted molar refractivity (Wildman–Crippen MR) is 113 cm³/mol. The van der Waals surface area contributed by atoms with Crippen LogP contribution in [0.4, 0.5) is 0 Å². The van der Waals surface area contributed by atoms with Gasteiger partial charge in [0, 0.05) is 16.1 Å². The summed E-state index contributed by atoms with van der Waals surface area (Å²) in [4.78, 5) is 37.8. The van der Waals surface area contributed by atoms with E-state index < -0.39 is 34.9 Å². The molecule has 3 aromatic rings. The molecule has 152 valence electrons. The molecular formula is C24H21NO5. The van der Waals surface area contributed by atoms with Crippen LogP contribution in [0, 0.1) is 16.0 Å². The number of methoxy groups -OCH3 is 1. The average molecular weight is 403 g/mol. The molecule has 0 saturated heterocycles. The van der Waals surface area contributed by atoms with Crippen LogP contribution in [0.25, 0.3) is 0 Å². The Balaban J connectivity index is 2.11. The lowest BCUT2D eigenvalue weighted by molar-refractivity contribution is -0.484. The lowest BCUT2D eigenvalue weighted by Crippen LogP contribution is -2.34. The summed E-state index contributed by atoms with van der Waals surface area (Å²) in [7, 11) is 1.52. The molecule has 0 aliphatic carbocycles. The van der Waals surface area contributed by atoms with Gasteiger partial charge in [0.15, 0.2) is 11.6 Å². The number of hydrogen-bond acceptors (Lipinski definition) is 5. The van der Waals surface area contributed by atoms with Crippen molar-refractivity contribution in [2.75, 3.05) is 13.7 Å². The number of Topliss-reactive ketones (excluding diaryl/α,β-unsaturated/α-hetero) is 2. The zero-order valence-electron chi connectivity index (χ0n) is 16.4. The van der Waals surface area contributed by atoms with E-state index >= 15 is 0 Å². The van der Waals surface area contributed by atoms with Crippen LogP contribution < -0.4 is 4.74 Å². The molecule has 0 saturated carbocycles. The first-order chi connectivity index (χ1) is 14.5. The first-order valence-electron chi connectivity index (χ1n) is 9.45. The molecule has 3 aromatic carbocycles. The van der Waals surface area contributed by atoms with Gasteiger partial charge in [0.1, 0.15) is 5.75 Å². The summed E-state index contributed by atoms with van der Waals surface area (Å²) >= 11 is 0. The smallest absolute Gasteiger partial charge is 0.211 e. The third-order valence-corrected chi connectivity index (χ3v) is 4.97. The summed E-state index contributed by atoms with van der Waals surface area (Å²) in [6.07, 6.45) is 0. The number of carbonyl (C=O) groups is 2. The minimum atomic E-state index is -1.23. The van der Waals surface area contributed by atoms with Gasteiger partial charge >= 0.3 is 0 Å². The number of rotatable bonds is 9. The lowest BCUT2D eigenvalue weighted by atomic mass is 9.77. The molecule has 0 bridgehead atoms. The summed E-state index contributed by atoms with van der Waals surface area (Å²) in [5, 5.41) is 11.5. The third kappa shape index (κ3) is 4.78. The number of ether oxygens (including phenoxy) is 1. The van der Waals surface area contributed by atoms with E-state index in [1.54, 1.807) is 84.9 Å². The van der Waals surface area contributed by atoms with Crippen molar-refractivity contribution in [3.8, 4) is 5.75 Å². The number of nitro groups is 1. The Bertz CT molecular complexity index is 965. The quantitative estimate of drug-likeness (QED) is 0.228. The van der Waals surface area contributed by atoms with E-state index in [0.717, 1.165) is 0 Å². The van der Waals surface area contributed by atoms with Crippen molar-refractivity contribution in [2.24, 2.45) is 5.92 Å². The van der Waals surface area contributed by atoms with Gasteiger partial charge in [-0.05, 0) is 17.7 Å². The van der Waals surface area contributed by atoms with Crippen molar-refractivity contribution in [1.29, 1.82) is 0 Å². The summed E-state index contributed by atoms with van der Waals surface area (Å²) in [6.45, 7) is -0.547. The topological polar surface area (TPSA) is 86.5 Å². The minimum Gasteiger partial charge on any atom is -0.497 e. The van der Waals surface area contributed by atoms with Crippen LogP contribution >= 0.6 is 0 Å². The second-order valence-electron chi connectivity index (χ2n) is 6.83. The summed E-state index contributed by atoms with van der Waals surface area (Å²) in [5.74, 6) is -2.45. The third-order valence-electron chi connectivity index (χ3n) is 4.97. The highest BCUT2D eigenvalue weighted by Gasteiger charge is 2.39. The Morgan fingerprint density at radius 1 is 0.833 bits per heavy atom. The molecule has 6 nitrogen and oxygen atoms in total. The molecule has 6 heteroatoms. The van der Waals surface area contributed by atoms with E-state index in [1.807, 2.05) is 0 Å². The minimum absolute atomic E-state index is 0.341. The standard InChI is InChI=1S/C24H21NO5/c1-30-20-14-12-17(13-15-20)21(16-25(28)29)22(23(26)18-8-4-2-5-9-18)24(27)19-10-6-3-7-11-19/h2-15,21-22H,16H2,1H3. The zero-order chi connectivity index (χ0) is 21.5. The number of carbonyl (C=O) groups excluding carboxylic acids is 2. The maximum Gasteiger partial charge on any atom is 0.211 e. The second-order valence-corrected chi connectivity index (χ2v) is 6.83. The van der Waals surface area contributed by atoms with Gasteiger partial charge in [-0.2, -0.15) is 0 Å². The Kier molecular flexibility index (Phi) is 6.70. The predicted octanol–water partition coefficient (Wildman–Crippen LogP) is 4.44. The molecule has 0 N–H and O–H groups in total. The fourth-order valence-corrected chi connectivity index (χ4v) is 3.46. The fraction of sp³-hybridized carbons (Fsp3) is 0.167.